The molecule has 3 rings (SSSR count). The Kier molecular flexibility index (Phi) is 6.69. The van der Waals surface area contributed by atoms with Gasteiger partial charge in [0.25, 0.3) is 0 Å². The maximum Gasteiger partial charge on any atom is 0.194 e. The van der Waals surface area contributed by atoms with Crippen LogP contribution in [0.1, 0.15) is 31.7 Å². The monoisotopic (exact) mass is 349 g/mol. The van der Waals surface area contributed by atoms with E-state index in [9.17, 15) is 0 Å². The molecular weight excluding hydrogens is 318 g/mol. The number of hydrogen-bond acceptors (Lipinski definition) is 4. The van der Waals surface area contributed by atoms with Gasteiger partial charge in [-0.15, -0.1) is 0 Å². The molecule has 3 heterocycles. The standard InChI is InChI=1S/C18H31N5O2/c1-3-19-18(20-8-4-6-15-12-21-22(2)13-15)23-9-11-25-17(14-23)16-7-5-10-24-16/h12-13,16-17H,3-11,14H2,1-2H3,(H,19,20). The lowest BCUT2D eigenvalue weighted by Crippen LogP contribution is -2.53. The summed E-state index contributed by atoms with van der Waals surface area (Å²) in [5.74, 6) is 1.000. The topological polar surface area (TPSA) is 63.9 Å². The molecule has 0 bridgehead atoms. The molecule has 0 aromatic carbocycles. The van der Waals surface area contributed by atoms with Gasteiger partial charge in [-0.1, -0.05) is 0 Å². The van der Waals surface area contributed by atoms with Gasteiger partial charge in [-0.2, -0.15) is 5.10 Å². The van der Waals surface area contributed by atoms with E-state index in [1.807, 2.05) is 17.9 Å². The number of hydrogen-bond donors (Lipinski definition) is 1. The predicted molar refractivity (Wildman–Crippen MR) is 97.8 cm³/mol. The molecule has 2 fully saturated rings. The molecule has 2 unspecified atom stereocenters. The van der Waals surface area contributed by atoms with Gasteiger partial charge in [-0.25, -0.2) is 0 Å². The number of aliphatic imine (C=N–C) groups is 1. The van der Waals surface area contributed by atoms with Crippen molar-refractivity contribution in [2.24, 2.45) is 12.0 Å². The molecule has 7 nitrogen and oxygen atoms in total. The summed E-state index contributed by atoms with van der Waals surface area (Å²) in [7, 11) is 1.95. The van der Waals surface area contributed by atoms with Gasteiger partial charge in [0.1, 0.15) is 6.10 Å². The van der Waals surface area contributed by atoms with E-state index < -0.39 is 0 Å². The second-order valence-corrected chi connectivity index (χ2v) is 6.77. The van der Waals surface area contributed by atoms with E-state index in [-0.39, 0.29) is 12.2 Å². The Balaban J connectivity index is 1.51. The number of nitrogens with zero attached hydrogens (tertiary/aromatic N) is 4. The van der Waals surface area contributed by atoms with Crippen LogP contribution in [0.25, 0.3) is 0 Å². The Morgan fingerprint density at radius 3 is 2.96 bits per heavy atom. The molecule has 1 aromatic rings. The number of aromatic nitrogens is 2. The molecule has 7 heteroatoms. The number of rotatable bonds is 6. The Morgan fingerprint density at radius 1 is 1.36 bits per heavy atom. The summed E-state index contributed by atoms with van der Waals surface area (Å²) in [5.41, 5.74) is 1.27. The number of ether oxygens (including phenoxy) is 2. The Labute approximate surface area is 150 Å². The number of guanidine groups is 1. The molecule has 1 aromatic heterocycles. The summed E-state index contributed by atoms with van der Waals surface area (Å²) in [6.45, 7) is 7.17. The highest BCUT2D eigenvalue weighted by atomic mass is 16.5. The molecule has 0 spiro atoms. The molecule has 2 atom stereocenters. The Bertz CT molecular complexity index is 553. The lowest BCUT2D eigenvalue weighted by Gasteiger charge is -2.37. The van der Waals surface area contributed by atoms with Crippen molar-refractivity contribution in [1.82, 2.24) is 20.0 Å². The van der Waals surface area contributed by atoms with E-state index in [1.165, 1.54) is 5.56 Å². The average Bonchev–Trinajstić information content (AvgIpc) is 3.30. The van der Waals surface area contributed by atoms with Crippen molar-refractivity contribution in [2.45, 2.75) is 44.8 Å². The van der Waals surface area contributed by atoms with Crippen molar-refractivity contribution in [1.29, 1.82) is 0 Å². The zero-order valence-electron chi connectivity index (χ0n) is 15.5. The second-order valence-electron chi connectivity index (χ2n) is 6.77. The fraction of sp³-hybridized carbons (Fsp3) is 0.778. The Hall–Kier alpha value is -1.60. The van der Waals surface area contributed by atoms with E-state index in [4.69, 9.17) is 14.5 Å². The molecular formula is C18H31N5O2. The zero-order chi connectivity index (χ0) is 17.5. The molecule has 1 N–H and O–H groups in total. The minimum absolute atomic E-state index is 0.162. The van der Waals surface area contributed by atoms with Gasteiger partial charge >= 0.3 is 0 Å². The van der Waals surface area contributed by atoms with E-state index in [1.54, 1.807) is 0 Å². The van der Waals surface area contributed by atoms with Crippen molar-refractivity contribution in [3.05, 3.63) is 18.0 Å². The van der Waals surface area contributed by atoms with Crippen LogP contribution >= 0.6 is 0 Å². The van der Waals surface area contributed by atoms with Crippen LogP contribution in [0.4, 0.5) is 0 Å². The lowest BCUT2D eigenvalue weighted by molar-refractivity contribution is -0.0817. The number of aryl methyl sites for hydroxylation is 2. The summed E-state index contributed by atoms with van der Waals surface area (Å²) in [6, 6.07) is 0. The van der Waals surface area contributed by atoms with Crippen molar-refractivity contribution in [3.63, 3.8) is 0 Å². The minimum atomic E-state index is 0.162. The third-order valence-corrected chi connectivity index (χ3v) is 4.75. The van der Waals surface area contributed by atoms with E-state index in [2.05, 4.69) is 28.4 Å². The third kappa shape index (κ3) is 5.19. The summed E-state index contributed by atoms with van der Waals surface area (Å²) in [6.07, 6.45) is 8.71. The Morgan fingerprint density at radius 2 is 2.24 bits per heavy atom. The van der Waals surface area contributed by atoms with Gasteiger partial charge in [-0.05, 0) is 38.2 Å². The third-order valence-electron chi connectivity index (χ3n) is 4.75. The smallest absolute Gasteiger partial charge is 0.194 e. The maximum atomic E-state index is 5.95. The van der Waals surface area contributed by atoms with Gasteiger partial charge in [0, 0.05) is 46.0 Å². The fourth-order valence-electron chi connectivity index (χ4n) is 3.48. The van der Waals surface area contributed by atoms with Gasteiger partial charge in [0.2, 0.25) is 0 Å². The van der Waals surface area contributed by atoms with Gasteiger partial charge in [0.15, 0.2) is 5.96 Å². The summed E-state index contributed by atoms with van der Waals surface area (Å²) >= 11 is 0. The van der Waals surface area contributed by atoms with Gasteiger partial charge < -0.3 is 19.7 Å². The van der Waals surface area contributed by atoms with Crippen LogP contribution in [0, 0.1) is 0 Å². The SMILES string of the molecule is CCNC(=NCCCc1cnn(C)c1)N1CCOC(C2CCCO2)C1. The fourth-order valence-corrected chi connectivity index (χ4v) is 3.48. The molecule has 2 aliphatic rings. The second kappa shape index (κ2) is 9.20. The molecule has 0 aliphatic carbocycles. The number of morpholine rings is 1. The van der Waals surface area contributed by atoms with Crippen molar-refractivity contribution >= 4 is 5.96 Å². The van der Waals surface area contributed by atoms with Crippen molar-refractivity contribution < 1.29 is 9.47 Å². The first-order valence-electron chi connectivity index (χ1n) is 9.50. The summed E-state index contributed by atoms with van der Waals surface area (Å²) in [5, 5.41) is 7.64. The van der Waals surface area contributed by atoms with E-state index in [0.717, 1.165) is 71.0 Å². The number of nitrogens with one attached hydrogen (secondary N) is 1. The van der Waals surface area contributed by atoms with Gasteiger partial charge in [0.05, 0.1) is 18.9 Å². The van der Waals surface area contributed by atoms with E-state index >= 15 is 0 Å². The highest BCUT2D eigenvalue weighted by Gasteiger charge is 2.32. The first kappa shape index (κ1) is 18.2. The molecule has 0 amide bonds. The predicted octanol–water partition coefficient (Wildman–Crippen LogP) is 1.20. The van der Waals surface area contributed by atoms with Crippen molar-refractivity contribution in [2.75, 3.05) is 39.4 Å². The quantitative estimate of drug-likeness (QED) is 0.475. The summed E-state index contributed by atoms with van der Waals surface area (Å²) in [4.78, 5) is 7.15. The molecule has 2 aliphatic heterocycles. The van der Waals surface area contributed by atoms with Crippen LogP contribution in [-0.2, 0) is 22.9 Å². The summed E-state index contributed by atoms with van der Waals surface area (Å²) < 4.78 is 13.6. The normalized spacial score (nSPS) is 24.7. The zero-order valence-corrected chi connectivity index (χ0v) is 15.5. The highest BCUT2D eigenvalue weighted by Crippen LogP contribution is 2.21. The highest BCUT2D eigenvalue weighted by molar-refractivity contribution is 5.80. The molecule has 25 heavy (non-hydrogen) atoms. The molecule has 0 radical (unpaired) electrons. The van der Waals surface area contributed by atoms with E-state index in [0.29, 0.717) is 0 Å². The van der Waals surface area contributed by atoms with Crippen LogP contribution in [0.2, 0.25) is 0 Å². The van der Waals surface area contributed by atoms with Crippen molar-refractivity contribution in [3.8, 4) is 0 Å². The van der Waals surface area contributed by atoms with Crippen LogP contribution in [0.5, 0.6) is 0 Å². The largest absolute Gasteiger partial charge is 0.375 e. The lowest BCUT2D eigenvalue weighted by atomic mass is 10.1. The molecule has 2 saturated heterocycles. The molecule has 0 saturated carbocycles. The minimum Gasteiger partial charge on any atom is -0.375 e. The van der Waals surface area contributed by atoms with Crippen LogP contribution in [-0.4, -0.2) is 72.2 Å². The van der Waals surface area contributed by atoms with Crippen LogP contribution in [0.3, 0.4) is 0 Å². The first-order chi connectivity index (χ1) is 12.3. The maximum absolute atomic E-state index is 5.95. The first-order valence-corrected chi connectivity index (χ1v) is 9.50. The van der Waals surface area contributed by atoms with Gasteiger partial charge in [-0.3, -0.25) is 9.67 Å². The van der Waals surface area contributed by atoms with Crippen LogP contribution < -0.4 is 5.32 Å². The molecule has 140 valence electrons. The average molecular weight is 349 g/mol. The van der Waals surface area contributed by atoms with Crippen LogP contribution in [0.15, 0.2) is 17.4 Å².